The molecule has 10 heavy (non-hydrogen) atoms. The first-order valence-corrected chi connectivity index (χ1v) is 3.85. The van der Waals surface area contributed by atoms with Gasteiger partial charge < -0.3 is 0 Å². The molecule has 0 spiro atoms. The van der Waals surface area contributed by atoms with Crippen molar-refractivity contribution in [1.82, 2.24) is 0 Å². The predicted molar refractivity (Wildman–Crippen MR) is 37.1 cm³/mol. The molecule has 0 aromatic carbocycles. The average Bonchev–Trinajstić information content (AvgIpc) is 1.94. The molecular weight excluding hydrogens is 129 g/mol. The number of nitrogens with zero attached hydrogens (tertiary/aromatic N) is 1. The second-order valence-corrected chi connectivity index (χ2v) is 2.92. The van der Waals surface area contributed by atoms with E-state index in [-0.39, 0.29) is 5.92 Å². The van der Waals surface area contributed by atoms with Crippen molar-refractivity contribution >= 4 is 0 Å². The van der Waals surface area contributed by atoms with Gasteiger partial charge in [0, 0.05) is 12.3 Å². The molecule has 1 fully saturated rings. The predicted octanol–water partition coefficient (Wildman–Crippen LogP) is 2.43. The quantitative estimate of drug-likeness (QED) is 0.550. The van der Waals surface area contributed by atoms with Gasteiger partial charge >= 0.3 is 0 Å². The first kappa shape index (κ1) is 7.53. The van der Waals surface area contributed by atoms with Gasteiger partial charge in [0.2, 0.25) is 0 Å². The third kappa shape index (κ3) is 1.70. The van der Waals surface area contributed by atoms with E-state index in [0.29, 0.717) is 12.8 Å². The Hall–Kier alpha value is -0.580. The summed E-state index contributed by atoms with van der Waals surface area (Å²) in [4.78, 5) is 0. The second kappa shape index (κ2) is 3.55. The molecule has 0 aromatic rings. The molecule has 1 saturated carbocycles. The number of alkyl halides is 1. The van der Waals surface area contributed by atoms with E-state index in [9.17, 15) is 4.39 Å². The topological polar surface area (TPSA) is 23.8 Å². The van der Waals surface area contributed by atoms with Gasteiger partial charge in [-0.05, 0) is 12.8 Å². The van der Waals surface area contributed by atoms with Crippen LogP contribution < -0.4 is 0 Å². The fourth-order valence-electron chi connectivity index (χ4n) is 1.51. The van der Waals surface area contributed by atoms with Crippen LogP contribution in [0.15, 0.2) is 0 Å². The smallest absolute Gasteiger partial charge is 0.104 e. The first-order chi connectivity index (χ1) is 4.84. The Morgan fingerprint density at radius 3 is 2.70 bits per heavy atom. The molecule has 1 aliphatic rings. The highest BCUT2D eigenvalue weighted by molar-refractivity contribution is 4.83. The summed E-state index contributed by atoms with van der Waals surface area (Å²) in [7, 11) is 0. The Labute approximate surface area is 60.8 Å². The van der Waals surface area contributed by atoms with E-state index in [4.69, 9.17) is 5.26 Å². The lowest BCUT2D eigenvalue weighted by Crippen LogP contribution is -2.19. The summed E-state index contributed by atoms with van der Waals surface area (Å²) in [6.45, 7) is 0. The van der Waals surface area contributed by atoms with Crippen LogP contribution in [0.1, 0.15) is 32.1 Å². The summed E-state index contributed by atoms with van der Waals surface area (Å²) in [6.07, 6.45) is 3.39. The number of nitriles is 1. The molecule has 2 heteroatoms. The third-order valence-corrected chi connectivity index (χ3v) is 2.17. The number of hydrogen-bond acceptors (Lipinski definition) is 1. The minimum absolute atomic E-state index is 0.0405. The number of rotatable bonds is 1. The van der Waals surface area contributed by atoms with Crippen LogP contribution in [0.5, 0.6) is 0 Å². The standard InChI is InChI=1S/C8H12FN/c9-8-4-2-1-3-7(8)5-6-10/h7-8H,1-5H2/t7-,8+/m0/s1. The maximum Gasteiger partial charge on any atom is 0.104 e. The third-order valence-electron chi connectivity index (χ3n) is 2.17. The molecule has 1 nitrogen and oxygen atoms in total. The molecule has 0 bridgehead atoms. The Kier molecular flexibility index (Phi) is 2.68. The molecule has 56 valence electrons. The summed E-state index contributed by atoms with van der Waals surface area (Å²) in [5.74, 6) is 0.0405. The van der Waals surface area contributed by atoms with Crippen molar-refractivity contribution in [3.05, 3.63) is 0 Å². The van der Waals surface area contributed by atoms with Gasteiger partial charge in [-0.15, -0.1) is 0 Å². The summed E-state index contributed by atoms with van der Waals surface area (Å²) >= 11 is 0. The largest absolute Gasteiger partial charge is 0.247 e. The van der Waals surface area contributed by atoms with Gasteiger partial charge in [0.25, 0.3) is 0 Å². The van der Waals surface area contributed by atoms with Gasteiger partial charge in [-0.25, -0.2) is 4.39 Å². The molecule has 0 N–H and O–H groups in total. The molecule has 0 radical (unpaired) electrons. The average molecular weight is 141 g/mol. The van der Waals surface area contributed by atoms with Gasteiger partial charge in [0.1, 0.15) is 6.17 Å². The van der Waals surface area contributed by atoms with Crippen LogP contribution in [0.4, 0.5) is 4.39 Å². The summed E-state index contributed by atoms with van der Waals surface area (Å²) in [5.41, 5.74) is 0. The lowest BCUT2D eigenvalue weighted by Gasteiger charge is -2.23. The first-order valence-electron chi connectivity index (χ1n) is 3.85. The highest BCUT2D eigenvalue weighted by Crippen LogP contribution is 2.28. The van der Waals surface area contributed by atoms with E-state index >= 15 is 0 Å². The van der Waals surface area contributed by atoms with E-state index in [1.165, 1.54) is 0 Å². The fourth-order valence-corrected chi connectivity index (χ4v) is 1.51. The van der Waals surface area contributed by atoms with Crippen molar-refractivity contribution in [1.29, 1.82) is 5.26 Å². The zero-order chi connectivity index (χ0) is 7.40. The van der Waals surface area contributed by atoms with E-state index in [2.05, 4.69) is 0 Å². The van der Waals surface area contributed by atoms with Crippen molar-refractivity contribution in [2.45, 2.75) is 38.3 Å². The Bertz CT molecular complexity index is 139. The van der Waals surface area contributed by atoms with Gasteiger partial charge in [-0.1, -0.05) is 12.8 Å². The molecular formula is C8H12FN. The molecule has 1 rings (SSSR count). The molecule has 0 unspecified atom stereocenters. The molecule has 0 heterocycles. The Morgan fingerprint density at radius 2 is 2.10 bits per heavy atom. The number of hydrogen-bond donors (Lipinski definition) is 0. The van der Waals surface area contributed by atoms with E-state index < -0.39 is 6.17 Å². The van der Waals surface area contributed by atoms with Crippen molar-refractivity contribution in [2.75, 3.05) is 0 Å². The molecule has 0 aliphatic heterocycles. The maximum absolute atomic E-state index is 12.9. The highest BCUT2D eigenvalue weighted by atomic mass is 19.1. The SMILES string of the molecule is N#CC[C@@H]1CCCC[C@H]1F. The molecule has 0 aromatic heterocycles. The maximum atomic E-state index is 12.9. The second-order valence-electron chi connectivity index (χ2n) is 2.92. The monoisotopic (exact) mass is 141 g/mol. The van der Waals surface area contributed by atoms with Crippen molar-refractivity contribution in [3.8, 4) is 6.07 Å². The Balaban J connectivity index is 2.34. The van der Waals surface area contributed by atoms with Gasteiger partial charge in [0.15, 0.2) is 0 Å². The fraction of sp³-hybridized carbons (Fsp3) is 0.875. The van der Waals surface area contributed by atoms with Crippen LogP contribution in [-0.4, -0.2) is 6.17 Å². The molecule has 1 aliphatic carbocycles. The van der Waals surface area contributed by atoms with Crippen LogP contribution in [0, 0.1) is 17.2 Å². The van der Waals surface area contributed by atoms with Crippen molar-refractivity contribution in [2.24, 2.45) is 5.92 Å². The van der Waals surface area contributed by atoms with Gasteiger partial charge in [-0.2, -0.15) is 5.26 Å². The van der Waals surface area contributed by atoms with Crippen molar-refractivity contribution < 1.29 is 4.39 Å². The summed E-state index contributed by atoms with van der Waals surface area (Å²) in [6, 6.07) is 2.03. The van der Waals surface area contributed by atoms with Gasteiger partial charge in [-0.3, -0.25) is 0 Å². The van der Waals surface area contributed by atoms with E-state index in [0.717, 1.165) is 19.3 Å². The molecule has 0 saturated heterocycles. The van der Waals surface area contributed by atoms with Gasteiger partial charge in [0.05, 0.1) is 6.07 Å². The van der Waals surface area contributed by atoms with Crippen LogP contribution in [0.2, 0.25) is 0 Å². The lowest BCUT2D eigenvalue weighted by molar-refractivity contribution is 0.169. The van der Waals surface area contributed by atoms with E-state index in [1.807, 2.05) is 6.07 Å². The summed E-state index contributed by atoms with van der Waals surface area (Å²) in [5, 5.41) is 8.32. The van der Waals surface area contributed by atoms with Crippen LogP contribution in [-0.2, 0) is 0 Å². The zero-order valence-electron chi connectivity index (χ0n) is 6.02. The van der Waals surface area contributed by atoms with Crippen molar-refractivity contribution in [3.63, 3.8) is 0 Å². The van der Waals surface area contributed by atoms with E-state index in [1.54, 1.807) is 0 Å². The van der Waals surface area contributed by atoms with Crippen LogP contribution in [0.25, 0.3) is 0 Å². The van der Waals surface area contributed by atoms with Crippen LogP contribution >= 0.6 is 0 Å². The number of halogens is 1. The normalized spacial score (nSPS) is 33.2. The minimum atomic E-state index is -0.701. The highest BCUT2D eigenvalue weighted by Gasteiger charge is 2.23. The zero-order valence-corrected chi connectivity index (χ0v) is 6.02. The molecule has 0 amide bonds. The summed E-state index contributed by atoms with van der Waals surface area (Å²) < 4.78 is 12.9. The Morgan fingerprint density at radius 1 is 1.40 bits per heavy atom. The molecule has 2 atom stereocenters. The van der Waals surface area contributed by atoms with Crippen LogP contribution in [0.3, 0.4) is 0 Å². The lowest BCUT2D eigenvalue weighted by atomic mass is 9.86. The minimum Gasteiger partial charge on any atom is -0.247 e.